The Hall–Kier alpha value is -2.15. The maximum atomic E-state index is 13.3. The van der Waals surface area contributed by atoms with E-state index in [9.17, 15) is 9.18 Å². The van der Waals surface area contributed by atoms with Crippen molar-refractivity contribution in [2.24, 2.45) is 10.9 Å². The van der Waals surface area contributed by atoms with Crippen LogP contribution in [0.1, 0.15) is 38.2 Å². The fourth-order valence-corrected chi connectivity index (χ4v) is 4.29. The molecule has 1 heterocycles. The molecule has 1 amide bonds. The van der Waals surface area contributed by atoms with Crippen molar-refractivity contribution in [3.05, 3.63) is 35.6 Å². The molecule has 1 aliphatic carbocycles. The zero-order valence-corrected chi connectivity index (χ0v) is 18.2. The monoisotopic (exact) mass is 417 g/mol. The Kier molecular flexibility index (Phi) is 8.93. The highest BCUT2D eigenvalue weighted by atomic mass is 19.1. The Morgan fingerprint density at radius 2 is 1.93 bits per heavy atom. The number of carbonyl (C=O) groups is 1. The van der Waals surface area contributed by atoms with Crippen molar-refractivity contribution in [2.75, 3.05) is 52.4 Å². The second-order valence-corrected chi connectivity index (χ2v) is 8.22. The molecule has 1 aromatic carbocycles. The van der Waals surface area contributed by atoms with Crippen LogP contribution in [-0.4, -0.2) is 74.0 Å². The second kappa shape index (κ2) is 11.9. The zero-order chi connectivity index (χ0) is 21.2. The average Bonchev–Trinajstić information content (AvgIpc) is 3.29. The number of guanidine groups is 1. The number of aliphatic imine (C=N–C) groups is 1. The number of rotatable bonds is 8. The molecule has 30 heavy (non-hydrogen) atoms. The molecule has 0 atom stereocenters. The predicted molar refractivity (Wildman–Crippen MR) is 119 cm³/mol. The van der Waals surface area contributed by atoms with Crippen LogP contribution in [0, 0.1) is 11.7 Å². The van der Waals surface area contributed by atoms with E-state index < -0.39 is 0 Å². The Balaban J connectivity index is 1.36. The second-order valence-electron chi connectivity index (χ2n) is 8.22. The number of nitrogens with one attached hydrogen (secondary N) is 2. The third kappa shape index (κ3) is 6.97. The number of carbonyl (C=O) groups excluding carboxylic acids is 1. The molecule has 166 valence electrons. The van der Waals surface area contributed by atoms with Crippen molar-refractivity contribution in [3.8, 4) is 0 Å². The molecule has 2 N–H and O–H groups in total. The Labute approximate surface area is 179 Å². The summed E-state index contributed by atoms with van der Waals surface area (Å²) in [5.74, 6) is 1.26. The SMILES string of the molecule is CCNC(=NCCN1CCN(C(=O)C2CCCC2)CC1)NCCc1cccc(F)c1. The van der Waals surface area contributed by atoms with Crippen LogP contribution in [0.2, 0.25) is 0 Å². The first-order valence-corrected chi connectivity index (χ1v) is 11.4. The third-order valence-electron chi connectivity index (χ3n) is 6.01. The van der Waals surface area contributed by atoms with Crippen LogP contribution in [0.25, 0.3) is 0 Å². The summed E-state index contributed by atoms with van der Waals surface area (Å²) in [7, 11) is 0. The van der Waals surface area contributed by atoms with Gasteiger partial charge in [-0.1, -0.05) is 25.0 Å². The summed E-state index contributed by atoms with van der Waals surface area (Å²) in [5, 5.41) is 6.59. The lowest BCUT2D eigenvalue weighted by Crippen LogP contribution is -2.50. The molecule has 1 saturated heterocycles. The molecule has 1 aliphatic heterocycles. The van der Waals surface area contributed by atoms with Gasteiger partial charge in [-0.05, 0) is 43.9 Å². The molecule has 7 heteroatoms. The van der Waals surface area contributed by atoms with Crippen LogP contribution in [0.5, 0.6) is 0 Å². The Morgan fingerprint density at radius 1 is 1.17 bits per heavy atom. The minimum atomic E-state index is -0.196. The van der Waals surface area contributed by atoms with Crippen molar-refractivity contribution in [1.29, 1.82) is 0 Å². The summed E-state index contributed by atoms with van der Waals surface area (Å²) in [5.41, 5.74) is 0.975. The van der Waals surface area contributed by atoms with Crippen molar-refractivity contribution >= 4 is 11.9 Å². The molecule has 0 aromatic heterocycles. The van der Waals surface area contributed by atoms with Gasteiger partial charge in [0.1, 0.15) is 5.82 Å². The van der Waals surface area contributed by atoms with Gasteiger partial charge < -0.3 is 15.5 Å². The topological polar surface area (TPSA) is 60.0 Å². The number of hydrogen-bond acceptors (Lipinski definition) is 3. The van der Waals surface area contributed by atoms with E-state index >= 15 is 0 Å². The van der Waals surface area contributed by atoms with E-state index in [2.05, 4.69) is 25.4 Å². The smallest absolute Gasteiger partial charge is 0.225 e. The highest BCUT2D eigenvalue weighted by Gasteiger charge is 2.29. The first kappa shape index (κ1) is 22.5. The number of nitrogens with zero attached hydrogens (tertiary/aromatic N) is 3. The lowest BCUT2D eigenvalue weighted by Gasteiger charge is -2.35. The van der Waals surface area contributed by atoms with E-state index in [1.807, 2.05) is 13.0 Å². The van der Waals surface area contributed by atoms with Crippen molar-refractivity contribution in [2.45, 2.75) is 39.0 Å². The number of hydrogen-bond donors (Lipinski definition) is 2. The minimum Gasteiger partial charge on any atom is -0.357 e. The van der Waals surface area contributed by atoms with Gasteiger partial charge in [0.15, 0.2) is 5.96 Å². The molecular formula is C23H36FN5O. The summed E-state index contributed by atoms with van der Waals surface area (Å²) >= 11 is 0. The summed E-state index contributed by atoms with van der Waals surface area (Å²) in [6.45, 7) is 8.69. The molecular weight excluding hydrogens is 381 g/mol. The minimum absolute atomic E-state index is 0.196. The molecule has 0 radical (unpaired) electrons. The summed E-state index contributed by atoms with van der Waals surface area (Å²) < 4.78 is 13.3. The van der Waals surface area contributed by atoms with Crippen LogP contribution >= 0.6 is 0 Å². The van der Waals surface area contributed by atoms with Crippen molar-refractivity contribution < 1.29 is 9.18 Å². The molecule has 0 unspecified atom stereocenters. The summed E-state index contributed by atoms with van der Waals surface area (Å²) in [6.07, 6.45) is 5.32. The largest absolute Gasteiger partial charge is 0.357 e. The van der Waals surface area contributed by atoms with Gasteiger partial charge >= 0.3 is 0 Å². The van der Waals surface area contributed by atoms with E-state index in [0.29, 0.717) is 19.0 Å². The van der Waals surface area contributed by atoms with Crippen LogP contribution in [0.3, 0.4) is 0 Å². The molecule has 2 aliphatic rings. The molecule has 1 aromatic rings. The Bertz CT molecular complexity index is 697. The normalized spacial score (nSPS) is 18.6. The quantitative estimate of drug-likeness (QED) is 0.503. The third-order valence-corrected chi connectivity index (χ3v) is 6.01. The highest BCUT2D eigenvalue weighted by molar-refractivity contribution is 5.80. The molecule has 6 nitrogen and oxygen atoms in total. The number of piperazine rings is 1. The molecule has 3 rings (SSSR count). The summed E-state index contributed by atoms with van der Waals surface area (Å²) in [6, 6.07) is 6.72. The lowest BCUT2D eigenvalue weighted by molar-refractivity contribution is -0.137. The van der Waals surface area contributed by atoms with Gasteiger partial charge in [0, 0.05) is 51.7 Å². The predicted octanol–water partition coefficient (Wildman–Crippen LogP) is 2.26. The van der Waals surface area contributed by atoms with Crippen LogP contribution in [0.4, 0.5) is 4.39 Å². The van der Waals surface area contributed by atoms with E-state index in [1.165, 1.54) is 18.9 Å². The van der Waals surface area contributed by atoms with Gasteiger partial charge in [-0.2, -0.15) is 0 Å². The number of benzene rings is 1. The van der Waals surface area contributed by atoms with Crippen molar-refractivity contribution in [1.82, 2.24) is 20.4 Å². The fraction of sp³-hybridized carbons (Fsp3) is 0.652. The molecule has 0 spiro atoms. The van der Waals surface area contributed by atoms with E-state index in [1.54, 1.807) is 12.1 Å². The van der Waals surface area contributed by atoms with Crippen LogP contribution in [-0.2, 0) is 11.2 Å². The molecule has 0 bridgehead atoms. The van der Waals surface area contributed by atoms with Crippen LogP contribution < -0.4 is 10.6 Å². The maximum absolute atomic E-state index is 13.3. The maximum Gasteiger partial charge on any atom is 0.225 e. The highest BCUT2D eigenvalue weighted by Crippen LogP contribution is 2.26. The fourth-order valence-electron chi connectivity index (χ4n) is 4.29. The molecule has 1 saturated carbocycles. The van der Waals surface area contributed by atoms with Gasteiger partial charge in [-0.3, -0.25) is 14.7 Å². The first-order valence-electron chi connectivity index (χ1n) is 11.4. The van der Waals surface area contributed by atoms with Gasteiger partial charge in [0.2, 0.25) is 5.91 Å². The lowest BCUT2D eigenvalue weighted by atomic mass is 10.1. The zero-order valence-electron chi connectivity index (χ0n) is 18.2. The van der Waals surface area contributed by atoms with E-state index in [4.69, 9.17) is 0 Å². The molecule has 2 fully saturated rings. The number of halogens is 1. The summed E-state index contributed by atoms with van der Waals surface area (Å²) in [4.78, 5) is 21.7. The van der Waals surface area contributed by atoms with Gasteiger partial charge in [-0.25, -0.2) is 4.39 Å². The number of amides is 1. The average molecular weight is 418 g/mol. The standard InChI is InChI=1S/C23H36FN5O/c1-2-25-23(26-11-10-19-6-5-9-21(24)18-19)27-12-13-28-14-16-29(17-15-28)22(30)20-7-3-4-8-20/h5-6,9,18,20H,2-4,7-8,10-17H2,1H3,(H2,25,26,27). The van der Waals surface area contributed by atoms with Crippen molar-refractivity contribution in [3.63, 3.8) is 0 Å². The van der Waals surface area contributed by atoms with E-state index in [0.717, 1.165) is 70.1 Å². The van der Waals surface area contributed by atoms with E-state index in [-0.39, 0.29) is 11.7 Å². The van der Waals surface area contributed by atoms with Gasteiger partial charge in [0.25, 0.3) is 0 Å². The van der Waals surface area contributed by atoms with Crippen LogP contribution in [0.15, 0.2) is 29.3 Å². The van der Waals surface area contributed by atoms with Gasteiger partial charge in [-0.15, -0.1) is 0 Å². The van der Waals surface area contributed by atoms with Gasteiger partial charge in [0.05, 0.1) is 6.54 Å². The first-order chi connectivity index (χ1) is 14.7. The Morgan fingerprint density at radius 3 is 2.63 bits per heavy atom.